The molecule has 0 N–H and O–H groups in total. The van der Waals surface area contributed by atoms with E-state index < -0.39 is 22.6 Å². The molecule has 0 aliphatic carbocycles. The van der Waals surface area contributed by atoms with Gasteiger partial charge >= 0.3 is 11.9 Å². The molecule has 0 fully saturated rings. The van der Waals surface area contributed by atoms with E-state index in [1.807, 2.05) is 6.92 Å². The van der Waals surface area contributed by atoms with Crippen molar-refractivity contribution >= 4 is 23.1 Å². The van der Waals surface area contributed by atoms with Crippen LogP contribution in [0.4, 0.5) is 0 Å². The fraction of sp³-hybridized carbons (Fsp3) is 0.818. The smallest absolute Gasteiger partial charge is 0.356 e. The summed E-state index contributed by atoms with van der Waals surface area (Å²) in [4.78, 5) is 22.5. The lowest BCUT2D eigenvalue weighted by atomic mass is 9.91. The summed E-state index contributed by atoms with van der Waals surface area (Å²) in [6.07, 6.45) is 2.10. The highest BCUT2D eigenvalue weighted by Gasteiger charge is 2.26. The molecule has 0 heterocycles. The first-order chi connectivity index (χ1) is 7.79. The molecule has 6 heteroatoms. The van der Waals surface area contributed by atoms with E-state index in [0.29, 0.717) is 6.42 Å². The Hall–Kier alpha value is -0.750. The summed E-state index contributed by atoms with van der Waals surface area (Å²) in [5.74, 6) is -0.985. The maximum absolute atomic E-state index is 11.5. The molecule has 100 valence electrons. The number of rotatable bonds is 7. The Bertz CT molecular complexity index is 263. The normalized spacial score (nSPS) is 13.0. The van der Waals surface area contributed by atoms with Crippen LogP contribution in [0.1, 0.15) is 27.2 Å². The number of hydrogen-bond donors (Lipinski definition) is 0. The largest absolute Gasteiger partial charge is 0.616 e. The van der Waals surface area contributed by atoms with Crippen LogP contribution < -0.4 is 0 Å². The van der Waals surface area contributed by atoms with Gasteiger partial charge in [0, 0.05) is 0 Å². The van der Waals surface area contributed by atoms with Crippen molar-refractivity contribution in [1.82, 2.24) is 0 Å². The molecule has 0 saturated carbocycles. The predicted octanol–water partition coefficient (Wildman–Crippen LogP) is 0.888. The first kappa shape index (κ1) is 16.2. The van der Waals surface area contributed by atoms with Crippen molar-refractivity contribution in [3.63, 3.8) is 0 Å². The minimum atomic E-state index is -1.21. The van der Waals surface area contributed by atoms with Gasteiger partial charge in [0.1, 0.15) is 13.2 Å². The zero-order valence-electron chi connectivity index (χ0n) is 10.8. The molecule has 0 amide bonds. The highest BCUT2D eigenvalue weighted by Crippen LogP contribution is 2.21. The topological polar surface area (TPSA) is 75.7 Å². The van der Waals surface area contributed by atoms with E-state index in [1.165, 1.54) is 6.26 Å². The average Bonchev–Trinajstić information content (AvgIpc) is 2.23. The van der Waals surface area contributed by atoms with E-state index in [0.717, 1.165) is 0 Å². The summed E-state index contributed by atoms with van der Waals surface area (Å²) in [6, 6.07) is 0. The highest BCUT2D eigenvalue weighted by molar-refractivity contribution is 7.91. The zero-order chi connectivity index (χ0) is 13.5. The summed E-state index contributed by atoms with van der Waals surface area (Å²) in [6.45, 7) is 5.52. The van der Waals surface area contributed by atoms with Crippen LogP contribution in [-0.2, 0) is 30.2 Å². The van der Waals surface area contributed by atoms with Gasteiger partial charge in [-0.05, 0) is 31.4 Å². The Morgan fingerprint density at radius 1 is 1.24 bits per heavy atom. The lowest BCUT2D eigenvalue weighted by molar-refractivity contribution is -0.158. The highest BCUT2D eigenvalue weighted by atomic mass is 32.2. The lowest BCUT2D eigenvalue weighted by Gasteiger charge is -2.20. The van der Waals surface area contributed by atoms with Crippen LogP contribution in [0.5, 0.6) is 0 Å². The standard InChI is InChI=1S/C11H20O5S/c1-5-11(2,3)10(13)16-7-6-15-9(12)8-17(4)14/h5-8H2,1-4H3. The number of hydrogen-bond acceptors (Lipinski definition) is 5. The van der Waals surface area contributed by atoms with Crippen molar-refractivity contribution in [2.45, 2.75) is 27.2 Å². The monoisotopic (exact) mass is 264 g/mol. The van der Waals surface area contributed by atoms with E-state index in [9.17, 15) is 14.1 Å². The molecule has 0 aromatic heterocycles. The average molecular weight is 264 g/mol. The molecule has 0 aliphatic rings. The van der Waals surface area contributed by atoms with Gasteiger partial charge in [-0.2, -0.15) is 0 Å². The second kappa shape index (κ2) is 7.55. The Morgan fingerprint density at radius 2 is 1.76 bits per heavy atom. The van der Waals surface area contributed by atoms with Gasteiger partial charge in [-0.1, -0.05) is 6.92 Å². The summed E-state index contributed by atoms with van der Waals surface area (Å²) < 4.78 is 20.4. The van der Waals surface area contributed by atoms with Crippen molar-refractivity contribution in [1.29, 1.82) is 0 Å². The minimum absolute atomic E-state index is 0.00156. The van der Waals surface area contributed by atoms with E-state index in [1.54, 1.807) is 13.8 Å². The van der Waals surface area contributed by atoms with Crippen molar-refractivity contribution < 1.29 is 23.6 Å². The third kappa shape index (κ3) is 7.23. The number of esters is 2. The molecule has 5 nitrogen and oxygen atoms in total. The maximum Gasteiger partial charge on any atom is 0.356 e. The van der Waals surface area contributed by atoms with E-state index in [-0.39, 0.29) is 24.9 Å². The molecule has 0 rings (SSSR count). The third-order valence-corrected chi connectivity index (χ3v) is 2.98. The van der Waals surface area contributed by atoms with E-state index in [2.05, 4.69) is 0 Å². The van der Waals surface area contributed by atoms with Gasteiger partial charge in [0.05, 0.1) is 11.7 Å². The van der Waals surface area contributed by atoms with E-state index >= 15 is 0 Å². The minimum Gasteiger partial charge on any atom is -0.616 e. The fourth-order valence-corrected chi connectivity index (χ4v) is 1.25. The van der Waals surface area contributed by atoms with Gasteiger partial charge in [-0.15, -0.1) is 0 Å². The second-order valence-electron chi connectivity index (χ2n) is 4.31. The molecule has 0 aliphatic heterocycles. The predicted molar refractivity (Wildman–Crippen MR) is 64.9 cm³/mol. The molecule has 0 saturated heterocycles. The van der Waals surface area contributed by atoms with Crippen molar-refractivity contribution in [2.75, 3.05) is 25.2 Å². The lowest BCUT2D eigenvalue weighted by Crippen LogP contribution is -2.27. The maximum atomic E-state index is 11.5. The molecular formula is C11H20O5S. The van der Waals surface area contributed by atoms with Crippen LogP contribution in [0.15, 0.2) is 0 Å². The van der Waals surface area contributed by atoms with Crippen molar-refractivity contribution in [2.24, 2.45) is 5.41 Å². The molecule has 17 heavy (non-hydrogen) atoms. The quantitative estimate of drug-likeness (QED) is 0.388. The van der Waals surface area contributed by atoms with Crippen molar-refractivity contribution in [3.05, 3.63) is 0 Å². The Labute approximate surface area is 105 Å². The number of ether oxygens (including phenoxy) is 2. The molecule has 0 aromatic carbocycles. The van der Waals surface area contributed by atoms with Gasteiger partial charge in [-0.3, -0.25) is 4.79 Å². The molecule has 0 radical (unpaired) electrons. The summed E-state index contributed by atoms with van der Waals surface area (Å²) in [5.41, 5.74) is -0.519. The number of carbonyl (C=O) groups is 2. The molecular weight excluding hydrogens is 244 g/mol. The van der Waals surface area contributed by atoms with E-state index in [4.69, 9.17) is 9.47 Å². The van der Waals surface area contributed by atoms with Crippen molar-refractivity contribution in [3.8, 4) is 0 Å². The van der Waals surface area contributed by atoms with Crippen LogP contribution in [0, 0.1) is 5.41 Å². The Morgan fingerprint density at radius 3 is 2.24 bits per heavy atom. The van der Waals surface area contributed by atoms with Gasteiger partial charge in [0.25, 0.3) is 0 Å². The van der Waals surface area contributed by atoms with Crippen LogP contribution in [0.25, 0.3) is 0 Å². The van der Waals surface area contributed by atoms with Crippen LogP contribution in [0.3, 0.4) is 0 Å². The van der Waals surface area contributed by atoms with Gasteiger partial charge in [0.2, 0.25) is 5.75 Å². The third-order valence-electron chi connectivity index (χ3n) is 2.34. The van der Waals surface area contributed by atoms with Gasteiger partial charge < -0.3 is 14.0 Å². The van der Waals surface area contributed by atoms with Crippen LogP contribution in [-0.4, -0.2) is 41.7 Å². The molecule has 0 bridgehead atoms. The first-order valence-corrected chi connectivity index (χ1v) is 7.15. The first-order valence-electron chi connectivity index (χ1n) is 5.42. The summed E-state index contributed by atoms with van der Waals surface area (Å²) >= 11 is -1.21. The molecule has 0 aromatic rings. The van der Waals surface area contributed by atoms with Gasteiger partial charge in [-0.25, -0.2) is 4.79 Å². The summed E-state index contributed by atoms with van der Waals surface area (Å²) in [5, 5.41) is 0. The molecule has 1 atom stereocenters. The summed E-state index contributed by atoms with van der Waals surface area (Å²) in [7, 11) is 0. The number of carbonyl (C=O) groups excluding carboxylic acids is 2. The fourth-order valence-electron chi connectivity index (χ4n) is 0.837. The molecule has 0 spiro atoms. The van der Waals surface area contributed by atoms with Crippen LogP contribution >= 0.6 is 0 Å². The Kier molecular flexibility index (Phi) is 7.22. The van der Waals surface area contributed by atoms with Gasteiger partial charge in [0.15, 0.2) is 0 Å². The second-order valence-corrected chi connectivity index (χ2v) is 5.75. The Balaban J connectivity index is 3.72. The van der Waals surface area contributed by atoms with Crippen LogP contribution in [0.2, 0.25) is 0 Å². The molecule has 1 unspecified atom stereocenters. The SMILES string of the molecule is CCC(C)(C)C(=O)OCCOC(=O)C[S+](C)[O-]. The zero-order valence-corrected chi connectivity index (χ0v) is 11.6.